The average molecular weight is 990 g/mol. The molecule has 0 spiro atoms. The van der Waals surface area contributed by atoms with E-state index in [-0.39, 0.29) is 47.3 Å². The van der Waals surface area contributed by atoms with Crippen LogP contribution in [0.15, 0.2) is 70.7 Å². The van der Waals surface area contributed by atoms with Gasteiger partial charge in [0.15, 0.2) is 10.1 Å². The fraction of sp³-hybridized carbons (Fsp3) is 0.463. The van der Waals surface area contributed by atoms with Gasteiger partial charge in [-0.25, -0.2) is 43.0 Å². The summed E-state index contributed by atoms with van der Waals surface area (Å²) in [5.74, 6) is 0.424. The normalized spacial score (nSPS) is 17.7. The molecule has 16 nitrogen and oxygen atoms in total. The molecule has 1 amide bonds. The number of aromatic nitrogens is 4. The van der Waals surface area contributed by atoms with Crippen molar-refractivity contribution in [2.24, 2.45) is 22.4 Å². The van der Waals surface area contributed by atoms with E-state index >= 15 is 0 Å². The Morgan fingerprint density at radius 3 is 1.75 bits per heavy atom. The number of nitrogens with zero attached hydrogens (tertiary/aromatic N) is 4. The molecular formula is C41H53Cl4N9O7S2. The highest BCUT2D eigenvalue weighted by molar-refractivity contribution is 7.90. The minimum absolute atomic E-state index is 0.0453. The predicted molar refractivity (Wildman–Crippen MR) is 247 cm³/mol. The van der Waals surface area contributed by atoms with Gasteiger partial charge in [0.05, 0.1) is 11.1 Å². The minimum Gasteiger partial charge on any atom is -0.478 e. The molecule has 6 rings (SSSR count). The van der Waals surface area contributed by atoms with Crippen molar-refractivity contribution < 1.29 is 31.5 Å². The Hall–Kier alpha value is -3.88. The molecule has 2 aliphatic rings. The van der Waals surface area contributed by atoms with Crippen molar-refractivity contribution in [3.8, 4) is 0 Å². The van der Waals surface area contributed by atoms with Gasteiger partial charge in [0.2, 0.25) is 0 Å². The van der Waals surface area contributed by atoms with E-state index in [4.69, 9.17) is 56.6 Å². The highest BCUT2D eigenvalue weighted by Crippen LogP contribution is 2.42. The zero-order valence-electron chi connectivity index (χ0n) is 35.3. The molecule has 0 bridgehead atoms. The van der Waals surface area contributed by atoms with Gasteiger partial charge < -0.3 is 21.1 Å². The number of rotatable bonds is 15. The Bertz CT molecular complexity index is 2450. The highest BCUT2D eigenvalue weighted by Gasteiger charge is 2.31. The van der Waals surface area contributed by atoms with Crippen molar-refractivity contribution >= 4 is 90.0 Å². The fourth-order valence-electron chi connectivity index (χ4n) is 7.25. The van der Waals surface area contributed by atoms with Crippen molar-refractivity contribution in [1.29, 1.82) is 0 Å². The number of hydrogen-bond acceptors (Lipinski definition) is 13. The molecule has 63 heavy (non-hydrogen) atoms. The molecule has 2 fully saturated rings. The van der Waals surface area contributed by atoms with Crippen molar-refractivity contribution in [2.75, 3.05) is 30.3 Å². The number of pyridine rings is 4. The summed E-state index contributed by atoms with van der Waals surface area (Å²) in [4.78, 5) is 38.1. The van der Waals surface area contributed by atoms with Crippen molar-refractivity contribution in [3.05, 3.63) is 92.4 Å². The SMILES string of the molecule is CC1(C)CC(CCCNc2cccc(S(=O)(=O)NC(=O)c3ccc(Cl)nc3Cl)n2)CN1.CC1(C)CCC(CCCNc2cccc(S(N)(=O)=O)n2)C1.O=C(O)c1ccc(Cl)nc1Cl. The Morgan fingerprint density at radius 2 is 1.27 bits per heavy atom. The van der Waals surface area contributed by atoms with Gasteiger partial charge in [-0.2, -0.15) is 8.42 Å². The Balaban J connectivity index is 0.000000233. The summed E-state index contributed by atoms with van der Waals surface area (Å²) >= 11 is 22.5. The van der Waals surface area contributed by atoms with Crippen LogP contribution in [0.5, 0.6) is 0 Å². The van der Waals surface area contributed by atoms with Crippen molar-refractivity contribution in [2.45, 2.75) is 94.7 Å². The molecule has 2 atom stereocenters. The van der Waals surface area contributed by atoms with Crippen LogP contribution < -0.4 is 25.8 Å². The van der Waals surface area contributed by atoms with E-state index in [9.17, 15) is 26.4 Å². The standard InChI is InChI=1S/C20H25Cl2N5O3S.C15H25N3O2S.C6H3Cl2NO2/c1-20(2)11-13(12-24-20)5-4-10-23-16-6-3-7-17(26-16)31(29,30)27-19(28)14-8-9-15(21)25-18(14)22;1-15(2)9-8-12(11-15)5-4-10-17-13-6-3-7-14(18-13)21(16,19)20;7-4-2-1-3(6(10)11)5(8)9-4/h3,6-9,13,24H,4-5,10-12H2,1-2H3,(H,23,26)(H,27,28);3,6-7,12H,4-5,8-11H2,1-2H3,(H,17,18)(H2,16,19,20);1-2H,(H,10,11). The zero-order valence-corrected chi connectivity index (χ0v) is 40.0. The van der Waals surface area contributed by atoms with Gasteiger partial charge >= 0.3 is 5.97 Å². The molecule has 7 N–H and O–H groups in total. The topological polar surface area (TPSA) is 248 Å². The first kappa shape index (κ1) is 51.8. The van der Waals surface area contributed by atoms with Crippen LogP contribution in [0, 0.1) is 17.3 Å². The second-order valence-electron chi connectivity index (χ2n) is 16.7. The van der Waals surface area contributed by atoms with E-state index in [1.165, 1.54) is 62.1 Å². The van der Waals surface area contributed by atoms with Gasteiger partial charge in [-0.1, -0.05) is 72.4 Å². The van der Waals surface area contributed by atoms with Gasteiger partial charge in [-0.15, -0.1) is 0 Å². The first-order valence-electron chi connectivity index (χ1n) is 20.1. The Kier molecular flexibility index (Phi) is 18.8. The number of carbonyl (C=O) groups excluding carboxylic acids is 1. The Morgan fingerprint density at radius 1 is 0.746 bits per heavy atom. The lowest BCUT2D eigenvalue weighted by molar-refractivity contribution is 0.0696. The maximum atomic E-state index is 12.6. The van der Waals surface area contributed by atoms with Crippen molar-refractivity contribution in [3.63, 3.8) is 0 Å². The number of halogens is 4. The number of primary sulfonamides is 1. The van der Waals surface area contributed by atoms with Gasteiger partial charge in [0.25, 0.3) is 26.0 Å². The monoisotopic (exact) mass is 987 g/mol. The van der Waals surface area contributed by atoms with E-state index in [1.54, 1.807) is 24.3 Å². The van der Waals surface area contributed by atoms with Crippen LogP contribution >= 0.6 is 46.4 Å². The summed E-state index contributed by atoms with van der Waals surface area (Å²) in [7, 11) is -7.93. The quantitative estimate of drug-likeness (QED) is 0.0484. The lowest BCUT2D eigenvalue weighted by atomic mass is 9.89. The molecule has 5 heterocycles. The first-order chi connectivity index (χ1) is 29.4. The summed E-state index contributed by atoms with van der Waals surface area (Å²) in [6.07, 6.45) is 9.41. The lowest BCUT2D eigenvalue weighted by Crippen LogP contribution is -2.31. The third kappa shape index (κ3) is 17.2. The number of carboxylic acids is 1. The van der Waals surface area contributed by atoms with E-state index in [0.717, 1.165) is 44.7 Å². The van der Waals surface area contributed by atoms with Crippen LogP contribution in [0.1, 0.15) is 99.8 Å². The van der Waals surface area contributed by atoms with Crippen LogP contribution in [0.25, 0.3) is 0 Å². The average Bonchev–Trinajstić information content (AvgIpc) is 3.73. The molecule has 1 saturated heterocycles. The molecular weight excluding hydrogens is 936 g/mol. The number of anilines is 2. The van der Waals surface area contributed by atoms with Gasteiger partial charge in [-0.3, -0.25) is 4.79 Å². The number of nitrogens with two attached hydrogens (primary N) is 1. The lowest BCUT2D eigenvalue weighted by Gasteiger charge is -2.17. The van der Waals surface area contributed by atoms with Gasteiger partial charge in [0.1, 0.15) is 32.2 Å². The van der Waals surface area contributed by atoms with Crippen LogP contribution in [0.2, 0.25) is 20.6 Å². The third-order valence-electron chi connectivity index (χ3n) is 10.3. The number of hydrogen-bond donors (Lipinski definition) is 6. The first-order valence-corrected chi connectivity index (χ1v) is 24.6. The van der Waals surface area contributed by atoms with Crippen LogP contribution in [-0.4, -0.2) is 78.9 Å². The summed E-state index contributed by atoms with van der Waals surface area (Å²) in [5.41, 5.74) is 0.548. The molecule has 4 aromatic heterocycles. The molecule has 0 aromatic carbocycles. The van der Waals surface area contributed by atoms with Gasteiger partial charge in [0, 0.05) is 18.6 Å². The van der Waals surface area contributed by atoms with Crippen LogP contribution in [0.3, 0.4) is 0 Å². The largest absolute Gasteiger partial charge is 0.478 e. The summed E-state index contributed by atoms with van der Waals surface area (Å²) in [6.45, 7) is 11.6. The maximum absolute atomic E-state index is 12.6. The molecule has 1 aliphatic heterocycles. The maximum Gasteiger partial charge on any atom is 0.338 e. The number of nitrogens with one attached hydrogen (secondary N) is 4. The second kappa shape index (κ2) is 22.8. The van der Waals surface area contributed by atoms with Crippen LogP contribution in [0.4, 0.5) is 11.6 Å². The third-order valence-corrected chi connectivity index (χ3v) is 13.3. The molecule has 0 radical (unpaired) electrons. The van der Waals surface area contributed by atoms with Gasteiger partial charge in [-0.05, 0) is 138 Å². The smallest absolute Gasteiger partial charge is 0.338 e. The van der Waals surface area contributed by atoms with E-state index in [0.29, 0.717) is 29.5 Å². The predicted octanol–water partition coefficient (Wildman–Crippen LogP) is 8.32. The molecule has 1 saturated carbocycles. The molecule has 344 valence electrons. The van der Waals surface area contributed by atoms with Crippen LogP contribution in [-0.2, 0) is 20.0 Å². The molecule has 2 unspecified atom stereocenters. The Labute approximate surface area is 389 Å². The summed E-state index contributed by atoms with van der Waals surface area (Å²) < 4.78 is 49.6. The van der Waals surface area contributed by atoms with E-state index in [2.05, 4.69) is 63.6 Å². The van der Waals surface area contributed by atoms with E-state index in [1.807, 2.05) is 4.72 Å². The minimum atomic E-state index is -4.19. The second-order valence-corrected chi connectivity index (χ2v) is 21.3. The zero-order chi connectivity index (χ0) is 46.6. The summed E-state index contributed by atoms with van der Waals surface area (Å²) in [6, 6.07) is 14.7. The fourth-order valence-corrected chi connectivity index (χ4v) is 9.53. The molecule has 4 aromatic rings. The van der Waals surface area contributed by atoms with E-state index < -0.39 is 31.9 Å². The number of carboxylic acid groups (broad SMARTS) is 1. The molecule has 22 heteroatoms. The number of sulfonamides is 2. The number of carbonyl (C=O) groups is 2. The highest BCUT2D eigenvalue weighted by atomic mass is 35.5. The summed E-state index contributed by atoms with van der Waals surface area (Å²) in [5, 5.41) is 23.0. The molecule has 1 aliphatic carbocycles. The number of aromatic carboxylic acids is 1. The number of amides is 1. The van der Waals surface area contributed by atoms with Crippen molar-refractivity contribution in [1.82, 2.24) is 30.0 Å².